The van der Waals surface area contributed by atoms with Crippen LogP contribution >= 0.6 is 11.6 Å². The van der Waals surface area contributed by atoms with Gasteiger partial charge in [-0.15, -0.1) is 0 Å². The van der Waals surface area contributed by atoms with E-state index in [1.807, 2.05) is 62.4 Å². The molecule has 0 bridgehead atoms. The summed E-state index contributed by atoms with van der Waals surface area (Å²) in [5.74, 6) is -0.0897. The van der Waals surface area contributed by atoms with Crippen LogP contribution in [-0.4, -0.2) is 10.5 Å². The number of aryl methyl sites for hydroxylation is 2. The Morgan fingerprint density at radius 2 is 1.67 bits per heavy atom. The van der Waals surface area contributed by atoms with Crippen molar-refractivity contribution in [1.29, 1.82) is 0 Å². The van der Waals surface area contributed by atoms with Crippen LogP contribution in [0.5, 0.6) is 0 Å². The molecule has 4 aromatic rings. The third kappa shape index (κ3) is 3.73. The predicted octanol–water partition coefficient (Wildman–Crippen LogP) is 6.83. The Bertz CT molecular complexity index is 1250. The van der Waals surface area contributed by atoms with Gasteiger partial charge in [-0.1, -0.05) is 35.9 Å². The molecule has 0 unspecified atom stereocenters. The number of amides is 1. The molecule has 0 fully saturated rings. The number of aromatic nitrogens is 1. The van der Waals surface area contributed by atoms with Gasteiger partial charge in [0.15, 0.2) is 0 Å². The minimum Gasteiger partial charge on any atom is -0.340 e. The van der Waals surface area contributed by atoms with Crippen LogP contribution < -0.4 is 5.32 Å². The molecule has 0 spiro atoms. The van der Waals surface area contributed by atoms with Crippen molar-refractivity contribution in [3.05, 3.63) is 99.2 Å². The van der Waals surface area contributed by atoms with E-state index in [0.29, 0.717) is 5.56 Å². The van der Waals surface area contributed by atoms with E-state index >= 15 is 0 Å². The molecule has 0 aliphatic heterocycles. The van der Waals surface area contributed by atoms with Crippen LogP contribution in [0.2, 0.25) is 5.02 Å². The highest BCUT2D eigenvalue weighted by atomic mass is 35.5. The van der Waals surface area contributed by atoms with E-state index in [4.69, 9.17) is 11.6 Å². The molecule has 3 nitrogen and oxygen atoms in total. The molecular formula is C26H25ClN2O. The smallest absolute Gasteiger partial charge is 0.255 e. The van der Waals surface area contributed by atoms with Gasteiger partial charge in [0.05, 0.1) is 0 Å². The van der Waals surface area contributed by atoms with E-state index in [-0.39, 0.29) is 5.91 Å². The van der Waals surface area contributed by atoms with Gasteiger partial charge in [0.1, 0.15) is 0 Å². The lowest BCUT2D eigenvalue weighted by Gasteiger charge is -2.11. The van der Waals surface area contributed by atoms with E-state index in [1.54, 1.807) is 0 Å². The molecule has 0 atom stereocenters. The molecule has 1 heterocycles. The third-order valence-electron chi connectivity index (χ3n) is 6.01. The van der Waals surface area contributed by atoms with Gasteiger partial charge >= 0.3 is 0 Å². The molecule has 1 N–H and O–H groups in total. The van der Waals surface area contributed by atoms with E-state index in [9.17, 15) is 4.79 Å². The Kier molecular flexibility index (Phi) is 5.40. The van der Waals surface area contributed by atoms with Gasteiger partial charge in [-0.25, -0.2) is 0 Å². The Labute approximate surface area is 182 Å². The summed E-state index contributed by atoms with van der Waals surface area (Å²) in [5, 5.41) is 4.91. The summed E-state index contributed by atoms with van der Waals surface area (Å²) in [6.45, 7) is 9.08. The summed E-state index contributed by atoms with van der Waals surface area (Å²) in [7, 11) is 0. The van der Waals surface area contributed by atoms with Crippen molar-refractivity contribution in [3.8, 4) is 0 Å². The number of fused-ring (bicyclic) bond motifs is 1. The van der Waals surface area contributed by atoms with Crippen molar-refractivity contribution in [1.82, 2.24) is 4.57 Å². The lowest BCUT2D eigenvalue weighted by molar-refractivity contribution is 0.102. The maximum Gasteiger partial charge on any atom is 0.255 e. The normalized spacial score (nSPS) is 11.1. The Morgan fingerprint density at radius 1 is 0.933 bits per heavy atom. The quantitative estimate of drug-likeness (QED) is 0.388. The first-order valence-electron chi connectivity index (χ1n) is 10.1. The van der Waals surface area contributed by atoms with E-state index < -0.39 is 0 Å². The zero-order valence-electron chi connectivity index (χ0n) is 17.7. The van der Waals surface area contributed by atoms with Crippen molar-refractivity contribution >= 4 is 34.1 Å². The minimum atomic E-state index is -0.0897. The average molecular weight is 417 g/mol. The van der Waals surface area contributed by atoms with E-state index in [0.717, 1.165) is 39.3 Å². The summed E-state index contributed by atoms with van der Waals surface area (Å²) in [5.41, 5.74) is 8.48. The molecule has 0 aliphatic rings. The molecule has 0 radical (unpaired) electrons. The SMILES string of the molecule is Cc1cccc(NC(=O)c2ccc3c(c2)c(C)c(C)n3Cc2ccc(Cl)cc2)c1C. The zero-order valence-corrected chi connectivity index (χ0v) is 18.5. The number of hydrogen-bond acceptors (Lipinski definition) is 1. The van der Waals surface area contributed by atoms with Gasteiger partial charge in [0.2, 0.25) is 0 Å². The molecule has 3 aromatic carbocycles. The molecule has 1 amide bonds. The van der Waals surface area contributed by atoms with Crippen molar-refractivity contribution in [2.75, 3.05) is 5.32 Å². The molecule has 4 heteroatoms. The number of nitrogens with zero attached hydrogens (tertiary/aromatic N) is 1. The standard InChI is InChI=1S/C26H25ClN2O/c1-16-6-5-7-24(17(16)2)28-26(30)21-10-13-25-23(14-21)18(3)19(4)29(25)15-20-8-11-22(27)12-9-20/h5-14H,15H2,1-4H3,(H,28,30). The van der Waals surface area contributed by atoms with Gasteiger partial charge in [-0.3, -0.25) is 4.79 Å². The van der Waals surface area contributed by atoms with Gasteiger partial charge < -0.3 is 9.88 Å². The van der Waals surface area contributed by atoms with Crippen molar-refractivity contribution in [3.63, 3.8) is 0 Å². The first-order chi connectivity index (χ1) is 14.3. The van der Waals surface area contributed by atoms with Crippen LogP contribution in [0.1, 0.15) is 38.3 Å². The van der Waals surface area contributed by atoms with Crippen LogP contribution in [0.3, 0.4) is 0 Å². The largest absolute Gasteiger partial charge is 0.340 e. The molecular weight excluding hydrogens is 392 g/mol. The van der Waals surface area contributed by atoms with Crippen LogP contribution in [0.25, 0.3) is 10.9 Å². The fraction of sp³-hybridized carbons (Fsp3) is 0.192. The molecule has 0 aliphatic carbocycles. The topological polar surface area (TPSA) is 34.0 Å². The van der Waals surface area contributed by atoms with Crippen molar-refractivity contribution in [2.45, 2.75) is 34.2 Å². The maximum absolute atomic E-state index is 12.9. The lowest BCUT2D eigenvalue weighted by Crippen LogP contribution is -2.13. The number of nitrogens with one attached hydrogen (secondary N) is 1. The number of halogens is 1. The number of benzene rings is 3. The van der Waals surface area contributed by atoms with Crippen LogP contribution in [0.15, 0.2) is 60.7 Å². The predicted molar refractivity (Wildman–Crippen MR) is 126 cm³/mol. The van der Waals surface area contributed by atoms with Gasteiger partial charge in [0.25, 0.3) is 5.91 Å². The van der Waals surface area contributed by atoms with Crippen LogP contribution in [0.4, 0.5) is 5.69 Å². The summed E-state index contributed by atoms with van der Waals surface area (Å²) in [4.78, 5) is 12.9. The Balaban J connectivity index is 1.67. The Morgan fingerprint density at radius 3 is 2.40 bits per heavy atom. The second-order valence-electron chi connectivity index (χ2n) is 7.86. The van der Waals surface area contributed by atoms with E-state index in [2.05, 4.69) is 35.9 Å². The first kappa shape index (κ1) is 20.2. The first-order valence-corrected chi connectivity index (χ1v) is 10.4. The second kappa shape index (κ2) is 8.00. The molecule has 1 aromatic heterocycles. The second-order valence-corrected chi connectivity index (χ2v) is 8.29. The fourth-order valence-corrected chi connectivity index (χ4v) is 3.97. The Hall–Kier alpha value is -3.04. The van der Waals surface area contributed by atoms with Gasteiger partial charge in [0, 0.05) is 39.4 Å². The maximum atomic E-state index is 12.9. The van der Waals surface area contributed by atoms with Gasteiger partial charge in [-0.2, -0.15) is 0 Å². The van der Waals surface area contributed by atoms with Crippen molar-refractivity contribution in [2.24, 2.45) is 0 Å². The average Bonchev–Trinajstić information content (AvgIpc) is 2.97. The molecule has 30 heavy (non-hydrogen) atoms. The summed E-state index contributed by atoms with van der Waals surface area (Å²) in [6.07, 6.45) is 0. The number of hydrogen-bond donors (Lipinski definition) is 1. The van der Waals surface area contributed by atoms with Crippen LogP contribution in [0, 0.1) is 27.7 Å². The summed E-state index contributed by atoms with van der Waals surface area (Å²) >= 11 is 6.02. The molecule has 0 saturated heterocycles. The monoisotopic (exact) mass is 416 g/mol. The third-order valence-corrected chi connectivity index (χ3v) is 6.26. The number of carbonyl (C=O) groups excluding carboxylic acids is 1. The van der Waals surface area contributed by atoms with Crippen molar-refractivity contribution < 1.29 is 4.79 Å². The highest BCUT2D eigenvalue weighted by molar-refractivity contribution is 6.30. The highest BCUT2D eigenvalue weighted by Gasteiger charge is 2.15. The minimum absolute atomic E-state index is 0.0897. The molecule has 4 rings (SSSR count). The highest BCUT2D eigenvalue weighted by Crippen LogP contribution is 2.28. The molecule has 0 saturated carbocycles. The zero-order chi connectivity index (χ0) is 21.4. The number of anilines is 1. The van der Waals surface area contributed by atoms with Gasteiger partial charge in [-0.05, 0) is 86.3 Å². The molecule has 152 valence electrons. The lowest BCUT2D eigenvalue weighted by atomic mass is 10.1. The van der Waals surface area contributed by atoms with E-state index in [1.165, 1.54) is 16.8 Å². The number of rotatable bonds is 4. The summed E-state index contributed by atoms with van der Waals surface area (Å²) < 4.78 is 2.29. The summed E-state index contributed by atoms with van der Waals surface area (Å²) in [6, 6.07) is 19.8. The fourth-order valence-electron chi connectivity index (χ4n) is 3.85. The van der Waals surface area contributed by atoms with Crippen LogP contribution in [-0.2, 0) is 6.54 Å². The number of carbonyl (C=O) groups is 1.